The molecule has 14 heteroatoms. The fraction of sp³-hybridized carbons (Fsp3) is 0.182. The molecule has 0 saturated carbocycles. The van der Waals surface area contributed by atoms with E-state index in [1.165, 1.54) is 34.5 Å². The Morgan fingerprint density at radius 1 is 1.47 bits per heavy atom. The van der Waals surface area contributed by atoms with Crippen LogP contribution in [0.25, 0.3) is 6.08 Å². The van der Waals surface area contributed by atoms with Crippen LogP contribution in [0.2, 0.25) is 0 Å². The molecule has 0 aliphatic carbocycles. The summed E-state index contributed by atoms with van der Waals surface area (Å²) in [6.07, 6.45) is 6.61. The number of pyridine rings is 1. The maximum Gasteiger partial charge on any atom is 0.353 e. The highest BCUT2D eigenvalue weighted by Crippen LogP contribution is 2.43. The Hall–Kier alpha value is -3.62. The number of nitrogens with one attached hydrogen (secondary N) is 1. The number of hydrogen-bond acceptors (Lipinski definition) is 11. The van der Waals surface area contributed by atoms with Crippen molar-refractivity contribution < 1.29 is 24.3 Å². The molecule has 36 heavy (non-hydrogen) atoms. The zero-order valence-corrected chi connectivity index (χ0v) is 21.0. The summed E-state index contributed by atoms with van der Waals surface area (Å²) in [4.78, 5) is 52.9. The summed E-state index contributed by atoms with van der Waals surface area (Å²) < 4.78 is 0. The van der Waals surface area contributed by atoms with Crippen molar-refractivity contribution in [3.63, 3.8) is 0 Å². The second-order valence-electron chi connectivity index (χ2n) is 7.24. The van der Waals surface area contributed by atoms with Gasteiger partial charge in [0.15, 0.2) is 10.8 Å². The van der Waals surface area contributed by atoms with Gasteiger partial charge in [-0.05, 0) is 23.1 Å². The maximum atomic E-state index is 13.0. The predicted octanol–water partition coefficient (Wildman–Crippen LogP) is 2.13. The number of nitrogen functional groups attached to an aromatic ring is 1. The van der Waals surface area contributed by atoms with Crippen molar-refractivity contribution in [2.75, 3.05) is 18.1 Å². The van der Waals surface area contributed by atoms with Crippen LogP contribution in [0.5, 0.6) is 0 Å². The van der Waals surface area contributed by atoms with Crippen LogP contribution in [0.15, 0.2) is 63.7 Å². The molecule has 186 valence electrons. The van der Waals surface area contributed by atoms with Crippen LogP contribution < -0.4 is 11.1 Å². The normalized spacial score (nSPS) is 19.6. The number of hydrogen-bond donors (Lipinski definition) is 3. The van der Waals surface area contributed by atoms with E-state index in [9.17, 15) is 19.5 Å². The molecule has 4 rings (SSSR count). The lowest BCUT2D eigenvalue weighted by molar-refractivity contribution is -0.150. The van der Waals surface area contributed by atoms with Crippen molar-refractivity contribution in [2.45, 2.75) is 11.4 Å². The van der Waals surface area contributed by atoms with Gasteiger partial charge in [-0.2, -0.15) is 0 Å². The third kappa shape index (κ3) is 5.45. The summed E-state index contributed by atoms with van der Waals surface area (Å²) in [5.74, 6) is -2.08. The molecule has 0 aromatic carbocycles. The number of nitrogens with zero attached hydrogens (tertiary/aromatic N) is 4. The molecule has 2 atom stereocenters. The minimum Gasteiger partial charge on any atom is -0.477 e. The standard InChI is InChI=1S/C22H20N6O5S3/c1-2-7-33-27-15(13-10-36-22(23)25-13)18(29)26-16-19(30)28-17(21(31)32)14(11-35-20(16)28)34-8-5-12-4-3-6-24-9-12/h2-6,8-10,16,20H,1,7,11H2,(H2,23,25)(H,26,29)(H,31,32)/b8-5-,27-15-/t16?,20-/m1/s1. The molecule has 0 radical (unpaired) electrons. The lowest BCUT2D eigenvalue weighted by Crippen LogP contribution is -2.71. The number of aromatic nitrogens is 2. The average Bonchev–Trinajstić information content (AvgIpc) is 3.30. The first-order chi connectivity index (χ1) is 17.4. The van der Waals surface area contributed by atoms with Crippen molar-refractivity contribution in [3.05, 3.63) is 69.8 Å². The van der Waals surface area contributed by atoms with Gasteiger partial charge in [0.05, 0.1) is 0 Å². The number of aliphatic carboxylic acids is 1. The van der Waals surface area contributed by atoms with Gasteiger partial charge in [-0.15, -0.1) is 23.1 Å². The first-order valence-corrected chi connectivity index (χ1v) is 13.2. The van der Waals surface area contributed by atoms with Gasteiger partial charge in [0.25, 0.3) is 11.8 Å². The van der Waals surface area contributed by atoms with Crippen molar-refractivity contribution in [2.24, 2.45) is 5.16 Å². The Morgan fingerprint density at radius 2 is 2.31 bits per heavy atom. The van der Waals surface area contributed by atoms with Crippen molar-refractivity contribution in [3.8, 4) is 0 Å². The summed E-state index contributed by atoms with van der Waals surface area (Å²) in [6, 6.07) is 2.73. The van der Waals surface area contributed by atoms with Crippen LogP contribution >= 0.6 is 34.9 Å². The highest BCUT2D eigenvalue weighted by molar-refractivity contribution is 8.08. The number of amides is 2. The number of β-lactam (4-membered cyclic amide) rings is 1. The largest absolute Gasteiger partial charge is 0.477 e. The monoisotopic (exact) mass is 544 g/mol. The van der Waals surface area contributed by atoms with E-state index in [0.717, 1.165) is 16.9 Å². The molecule has 2 aliphatic heterocycles. The molecule has 0 spiro atoms. The minimum absolute atomic E-state index is 0.0630. The number of carboxylic acids is 1. The fourth-order valence-electron chi connectivity index (χ4n) is 3.32. The van der Waals surface area contributed by atoms with Gasteiger partial charge >= 0.3 is 5.97 Å². The molecule has 4 heterocycles. The second kappa shape index (κ2) is 11.4. The number of thiazole rings is 1. The zero-order chi connectivity index (χ0) is 25.7. The van der Waals surface area contributed by atoms with Crippen molar-refractivity contribution >= 4 is 69.6 Å². The van der Waals surface area contributed by atoms with E-state index in [4.69, 9.17) is 10.6 Å². The van der Waals surface area contributed by atoms with Gasteiger partial charge in [0.1, 0.15) is 29.4 Å². The van der Waals surface area contributed by atoms with E-state index < -0.39 is 29.2 Å². The molecule has 11 nitrogen and oxygen atoms in total. The molecule has 1 fully saturated rings. The van der Waals surface area contributed by atoms with Gasteiger partial charge in [-0.1, -0.05) is 35.6 Å². The van der Waals surface area contributed by atoms with Crippen LogP contribution in [0.4, 0.5) is 5.13 Å². The summed E-state index contributed by atoms with van der Waals surface area (Å²) in [5.41, 5.74) is 6.49. The van der Waals surface area contributed by atoms with E-state index in [1.54, 1.807) is 29.2 Å². The van der Waals surface area contributed by atoms with Crippen molar-refractivity contribution in [1.29, 1.82) is 0 Å². The van der Waals surface area contributed by atoms with E-state index in [1.807, 2.05) is 12.1 Å². The highest BCUT2D eigenvalue weighted by Gasteiger charge is 2.54. The fourth-order valence-corrected chi connectivity index (χ4v) is 6.22. The molecule has 1 saturated heterocycles. The first-order valence-electron chi connectivity index (χ1n) is 10.4. The lowest BCUT2D eigenvalue weighted by atomic mass is 10.0. The number of anilines is 1. The average molecular weight is 545 g/mol. The van der Waals surface area contributed by atoms with E-state index in [2.05, 4.69) is 27.0 Å². The summed E-state index contributed by atoms with van der Waals surface area (Å²) in [5, 5.41) is 19.3. The molecule has 2 amide bonds. The van der Waals surface area contributed by atoms with E-state index in [-0.39, 0.29) is 28.8 Å². The Morgan fingerprint density at radius 3 is 2.97 bits per heavy atom. The van der Waals surface area contributed by atoms with Crippen LogP contribution in [-0.4, -0.2) is 67.2 Å². The van der Waals surface area contributed by atoms with Crippen molar-refractivity contribution in [1.82, 2.24) is 20.2 Å². The maximum absolute atomic E-state index is 13.0. The van der Waals surface area contributed by atoms with Crippen LogP contribution in [0.3, 0.4) is 0 Å². The van der Waals surface area contributed by atoms with Gasteiger partial charge in [0.2, 0.25) is 0 Å². The topological polar surface area (TPSA) is 160 Å². The summed E-state index contributed by atoms with van der Waals surface area (Å²) in [6.45, 7) is 3.59. The molecular weight excluding hydrogens is 524 g/mol. The predicted molar refractivity (Wildman–Crippen MR) is 140 cm³/mol. The minimum atomic E-state index is -1.21. The van der Waals surface area contributed by atoms with Crippen LogP contribution in [0, 0.1) is 0 Å². The molecule has 2 aliphatic rings. The van der Waals surface area contributed by atoms with Crippen LogP contribution in [0.1, 0.15) is 11.3 Å². The second-order valence-corrected chi connectivity index (χ2v) is 10.2. The Labute approximate surface area is 218 Å². The summed E-state index contributed by atoms with van der Waals surface area (Å²) in [7, 11) is 0. The first kappa shape index (κ1) is 25.5. The van der Waals surface area contributed by atoms with E-state index >= 15 is 0 Å². The Balaban J connectivity index is 1.49. The summed E-state index contributed by atoms with van der Waals surface area (Å²) >= 11 is 3.71. The number of carboxylic acid groups (broad SMARTS) is 1. The number of fused-ring (bicyclic) bond motifs is 1. The number of oxime groups is 1. The van der Waals surface area contributed by atoms with Gasteiger partial charge in [-0.25, -0.2) is 9.78 Å². The molecular formula is C22H20N6O5S3. The third-order valence-electron chi connectivity index (χ3n) is 4.91. The quantitative estimate of drug-likeness (QED) is 0.133. The molecule has 4 N–H and O–H groups in total. The smallest absolute Gasteiger partial charge is 0.353 e. The van der Waals surface area contributed by atoms with E-state index in [0.29, 0.717) is 10.7 Å². The molecule has 2 aromatic heterocycles. The van der Waals surface area contributed by atoms with Gasteiger partial charge in [-0.3, -0.25) is 19.5 Å². The SMILES string of the molecule is C=CCO/N=C(\C(=O)NC1C(=O)N2C(C(=O)O)=C(S/C=C\c3cccnc3)CS[C@H]12)c1csc(N)n1. The van der Waals surface area contributed by atoms with Gasteiger partial charge in [0, 0.05) is 28.4 Å². The molecule has 2 aromatic rings. The lowest BCUT2D eigenvalue weighted by Gasteiger charge is -2.49. The number of carbonyl (C=O) groups excluding carboxylic acids is 2. The number of thioether (sulfide) groups is 2. The highest BCUT2D eigenvalue weighted by atomic mass is 32.2. The third-order valence-corrected chi connectivity index (χ3v) is 7.94. The number of rotatable bonds is 10. The van der Waals surface area contributed by atoms with Crippen LogP contribution in [-0.2, 0) is 19.2 Å². The number of carbonyl (C=O) groups is 3. The Kier molecular flexibility index (Phi) is 8.07. The molecule has 0 bridgehead atoms. The number of nitrogens with two attached hydrogens (primary N) is 1. The Bertz CT molecular complexity index is 1280. The zero-order valence-electron chi connectivity index (χ0n) is 18.6. The van der Waals surface area contributed by atoms with Gasteiger partial charge < -0.3 is 21.0 Å². The molecule has 1 unspecified atom stereocenters.